The molecule has 0 atom stereocenters. The van der Waals surface area contributed by atoms with Gasteiger partial charge < -0.3 is 15.2 Å². The molecule has 0 heterocycles. The number of hydrogen-bond donors (Lipinski definition) is 3. The highest BCUT2D eigenvalue weighted by Crippen LogP contribution is 2.29. The summed E-state index contributed by atoms with van der Waals surface area (Å²) >= 11 is 0. The van der Waals surface area contributed by atoms with Gasteiger partial charge in [-0.15, -0.1) is 0 Å². The van der Waals surface area contributed by atoms with Crippen molar-refractivity contribution in [3.05, 3.63) is 29.2 Å². The highest BCUT2D eigenvalue weighted by molar-refractivity contribution is 7.93. The van der Waals surface area contributed by atoms with E-state index in [0.29, 0.717) is 23.7 Å². The number of ether oxygens (including phenoxy) is 2. The maximum atomic E-state index is 11.1. The second kappa shape index (κ2) is 8.72. The Morgan fingerprint density at radius 1 is 1.22 bits per heavy atom. The molecule has 0 radical (unpaired) electrons. The molecule has 0 unspecified atom stereocenters. The van der Waals surface area contributed by atoms with Crippen LogP contribution in [0.25, 0.3) is 5.70 Å². The topological polar surface area (TPSA) is 153 Å². The van der Waals surface area contributed by atoms with Gasteiger partial charge >= 0.3 is 10.4 Å². The van der Waals surface area contributed by atoms with Crippen LogP contribution in [0, 0.1) is 0 Å². The van der Waals surface area contributed by atoms with E-state index in [2.05, 4.69) is 0 Å². The van der Waals surface area contributed by atoms with Crippen LogP contribution in [0.3, 0.4) is 0 Å². The molecule has 9 nitrogen and oxygen atoms in total. The first kappa shape index (κ1) is 21.2. The molecule has 1 rings (SSSR count). The predicted molar refractivity (Wildman–Crippen MR) is 85.3 cm³/mol. The molecule has 132 valence electrons. The lowest BCUT2D eigenvalue weighted by Crippen LogP contribution is -2.02. The Balaban J connectivity index is 0.000000841. The molecule has 0 aromatic heterocycles. The fourth-order valence-electron chi connectivity index (χ4n) is 1.42. The van der Waals surface area contributed by atoms with Crippen LogP contribution in [0.1, 0.15) is 12.5 Å². The number of sulfone groups is 1. The van der Waals surface area contributed by atoms with E-state index in [-0.39, 0.29) is 5.70 Å². The third-order valence-corrected chi connectivity index (χ3v) is 2.82. The summed E-state index contributed by atoms with van der Waals surface area (Å²) in [6, 6.07) is 5.01. The van der Waals surface area contributed by atoms with E-state index in [1.54, 1.807) is 18.2 Å². The van der Waals surface area contributed by atoms with Gasteiger partial charge in [-0.1, -0.05) is 0 Å². The molecule has 0 aliphatic heterocycles. The average molecular weight is 369 g/mol. The smallest absolute Gasteiger partial charge is 0.394 e. The zero-order chi connectivity index (χ0) is 18.3. The van der Waals surface area contributed by atoms with Crippen molar-refractivity contribution in [2.75, 3.05) is 20.0 Å². The second-order valence-electron chi connectivity index (χ2n) is 4.15. The van der Waals surface area contributed by atoms with Crippen molar-refractivity contribution in [1.29, 1.82) is 0 Å². The maximum Gasteiger partial charge on any atom is 0.394 e. The summed E-state index contributed by atoms with van der Waals surface area (Å²) in [6.45, 7) is 2.33. The van der Waals surface area contributed by atoms with Crippen LogP contribution in [-0.4, -0.2) is 45.9 Å². The monoisotopic (exact) mass is 369 g/mol. The predicted octanol–water partition coefficient (Wildman–Crippen LogP) is 0.743. The summed E-state index contributed by atoms with van der Waals surface area (Å²) in [7, 11) is -6.40. The Morgan fingerprint density at radius 2 is 1.74 bits per heavy atom. The van der Waals surface area contributed by atoms with Crippen molar-refractivity contribution in [2.45, 2.75) is 6.92 Å². The minimum absolute atomic E-state index is 0.168. The normalized spacial score (nSPS) is 12.1. The summed E-state index contributed by atoms with van der Waals surface area (Å²) in [6.07, 6.45) is 1.09. The third-order valence-electron chi connectivity index (χ3n) is 2.14. The molecule has 4 N–H and O–H groups in total. The van der Waals surface area contributed by atoms with Crippen molar-refractivity contribution >= 4 is 25.9 Å². The standard InChI is InChI=1S/C12H17NO4S.H2O4S/c1-4-17-12-7-9(5-6-11(12)16-2)10(13)8-18(3,14)15;1-5(2,3)4/h5-8H,4,13H2,1-3H3;(H2,1,2,3,4). The summed E-state index contributed by atoms with van der Waals surface area (Å²) in [4.78, 5) is 0. The minimum atomic E-state index is -4.67. The lowest BCUT2D eigenvalue weighted by molar-refractivity contribution is 0.311. The number of methoxy groups -OCH3 is 1. The fourth-order valence-corrected chi connectivity index (χ4v) is 2.02. The molecular weight excluding hydrogens is 350 g/mol. The summed E-state index contributed by atoms with van der Waals surface area (Å²) in [5.41, 5.74) is 6.46. The Bertz CT molecular complexity index is 745. The number of hydrogen-bond acceptors (Lipinski definition) is 7. The Kier molecular flexibility index (Phi) is 8.03. The maximum absolute atomic E-state index is 11.1. The highest BCUT2D eigenvalue weighted by Gasteiger charge is 2.08. The van der Waals surface area contributed by atoms with Gasteiger partial charge in [-0.25, -0.2) is 8.42 Å². The van der Waals surface area contributed by atoms with E-state index in [4.69, 9.17) is 32.7 Å². The van der Waals surface area contributed by atoms with Crippen molar-refractivity contribution in [3.63, 3.8) is 0 Å². The summed E-state index contributed by atoms with van der Waals surface area (Å²) in [5.74, 6) is 1.11. The molecule has 1 aromatic carbocycles. The first-order valence-corrected chi connectivity index (χ1v) is 9.40. The van der Waals surface area contributed by atoms with Gasteiger partial charge in [0.05, 0.1) is 24.8 Å². The zero-order valence-corrected chi connectivity index (χ0v) is 14.4. The van der Waals surface area contributed by atoms with Crippen LogP contribution in [0.5, 0.6) is 11.5 Å². The number of nitrogens with two attached hydrogens (primary N) is 1. The van der Waals surface area contributed by atoms with Crippen LogP contribution < -0.4 is 15.2 Å². The van der Waals surface area contributed by atoms with Gasteiger partial charge in [0, 0.05) is 11.8 Å². The highest BCUT2D eigenvalue weighted by atomic mass is 32.3. The van der Waals surface area contributed by atoms with E-state index in [9.17, 15) is 8.42 Å². The molecule has 0 saturated carbocycles. The van der Waals surface area contributed by atoms with Crippen LogP contribution >= 0.6 is 0 Å². The van der Waals surface area contributed by atoms with Crippen LogP contribution in [0.15, 0.2) is 23.6 Å². The Hall–Kier alpha value is -1.82. The van der Waals surface area contributed by atoms with Gasteiger partial charge in [0.2, 0.25) is 0 Å². The molecule has 0 spiro atoms. The van der Waals surface area contributed by atoms with E-state index in [1.807, 2.05) is 6.92 Å². The lowest BCUT2D eigenvalue weighted by Gasteiger charge is -2.11. The van der Waals surface area contributed by atoms with Crippen molar-refractivity contribution in [3.8, 4) is 11.5 Å². The molecule has 0 aliphatic rings. The van der Waals surface area contributed by atoms with Gasteiger partial charge in [0.1, 0.15) is 0 Å². The molecule has 0 fully saturated rings. The van der Waals surface area contributed by atoms with Crippen LogP contribution in [0.4, 0.5) is 0 Å². The molecule has 11 heteroatoms. The first-order valence-electron chi connectivity index (χ1n) is 6.05. The van der Waals surface area contributed by atoms with Crippen molar-refractivity contribution in [2.24, 2.45) is 5.73 Å². The van der Waals surface area contributed by atoms with Gasteiger partial charge in [-0.3, -0.25) is 9.11 Å². The first-order chi connectivity index (χ1) is 10.4. The average Bonchev–Trinajstić information content (AvgIpc) is 2.35. The molecule has 1 aromatic rings. The third kappa shape index (κ3) is 10.5. The van der Waals surface area contributed by atoms with E-state index >= 15 is 0 Å². The Labute approximate surface area is 135 Å². The molecule has 0 bridgehead atoms. The molecule has 0 aliphatic carbocycles. The minimum Gasteiger partial charge on any atom is -0.493 e. The number of rotatable bonds is 5. The summed E-state index contributed by atoms with van der Waals surface area (Å²) < 4.78 is 64.4. The molecule has 23 heavy (non-hydrogen) atoms. The summed E-state index contributed by atoms with van der Waals surface area (Å²) in [5, 5.41) is 1.02. The largest absolute Gasteiger partial charge is 0.493 e. The van der Waals surface area contributed by atoms with Gasteiger partial charge in [0.25, 0.3) is 0 Å². The van der Waals surface area contributed by atoms with Crippen molar-refractivity contribution in [1.82, 2.24) is 0 Å². The van der Waals surface area contributed by atoms with Gasteiger partial charge in [0.15, 0.2) is 21.3 Å². The van der Waals surface area contributed by atoms with E-state index in [0.717, 1.165) is 11.7 Å². The Morgan fingerprint density at radius 3 is 2.13 bits per heavy atom. The lowest BCUT2D eigenvalue weighted by atomic mass is 10.1. The quantitative estimate of drug-likeness (QED) is 0.638. The van der Waals surface area contributed by atoms with Crippen molar-refractivity contribution < 1.29 is 35.4 Å². The van der Waals surface area contributed by atoms with Crippen LogP contribution in [0.2, 0.25) is 0 Å². The number of benzene rings is 1. The van der Waals surface area contributed by atoms with Gasteiger partial charge in [-0.05, 0) is 25.1 Å². The zero-order valence-electron chi connectivity index (χ0n) is 12.8. The SMILES string of the molecule is CCOc1cc(C(N)=CS(C)(=O)=O)ccc1OC.O=S(=O)(O)O. The fraction of sp³-hybridized carbons (Fsp3) is 0.333. The second-order valence-corrected chi connectivity index (χ2v) is 6.94. The molecular formula is C12H19NO8S2. The molecule has 0 saturated heterocycles. The van der Waals surface area contributed by atoms with E-state index < -0.39 is 20.2 Å². The van der Waals surface area contributed by atoms with E-state index in [1.165, 1.54) is 7.11 Å². The molecule has 0 amide bonds. The van der Waals surface area contributed by atoms with Crippen LogP contribution in [-0.2, 0) is 20.2 Å². The van der Waals surface area contributed by atoms with Gasteiger partial charge in [-0.2, -0.15) is 8.42 Å².